The number of benzene rings is 1. The van der Waals surface area contributed by atoms with Gasteiger partial charge in [-0.25, -0.2) is 0 Å². The van der Waals surface area contributed by atoms with Crippen LogP contribution in [0, 0.1) is 0 Å². The molecule has 0 aliphatic carbocycles. The molecule has 7 nitrogen and oxygen atoms in total. The molecule has 1 aromatic carbocycles. The molecule has 0 saturated heterocycles. The normalized spacial score (nSPS) is 12.1. The van der Waals surface area contributed by atoms with Crippen molar-refractivity contribution in [2.45, 2.75) is 19.9 Å². The summed E-state index contributed by atoms with van der Waals surface area (Å²) >= 11 is 0. The van der Waals surface area contributed by atoms with Gasteiger partial charge in [-0.1, -0.05) is 18.2 Å². The van der Waals surface area contributed by atoms with Gasteiger partial charge >= 0.3 is 0 Å². The van der Waals surface area contributed by atoms with E-state index in [-0.39, 0.29) is 30.4 Å². The van der Waals surface area contributed by atoms with Crippen molar-refractivity contribution in [3.63, 3.8) is 0 Å². The summed E-state index contributed by atoms with van der Waals surface area (Å²) in [6, 6.07) is 10.1. The maximum Gasteiger partial charge on any atom is 0.195 e. The van der Waals surface area contributed by atoms with Gasteiger partial charge in [-0.05, 0) is 26.0 Å². The first-order chi connectivity index (χ1) is 11.1. The van der Waals surface area contributed by atoms with Crippen LogP contribution in [0.1, 0.15) is 13.8 Å². The summed E-state index contributed by atoms with van der Waals surface area (Å²) in [7, 11) is 0. The summed E-state index contributed by atoms with van der Waals surface area (Å²) in [5.41, 5.74) is 13.4. The van der Waals surface area contributed by atoms with E-state index in [0.29, 0.717) is 13.1 Å². The zero-order valence-corrected chi connectivity index (χ0v) is 14.7. The minimum Gasteiger partial charge on any atom is -0.381 e. The lowest BCUT2D eigenvalue weighted by Crippen LogP contribution is -2.42. The molecule has 6 N–H and O–H groups in total. The summed E-state index contributed by atoms with van der Waals surface area (Å²) in [5, 5.41) is 7.17. The molecular formula is C16H24ClN7. The third kappa shape index (κ3) is 5.92. The fraction of sp³-hybridized carbons (Fsp3) is 0.312. The zero-order chi connectivity index (χ0) is 16.7. The number of fused-ring (bicyclic) bond motifs is 1. The van der Waals surface area contributed by atoms with Crippen LogP contribution in [0.3, 0.4) is 0 Å². The maximum atomic E-state index is 5.76. The smallest absolute Gasteiger partial charge is 0.195 e. The van der Waals surface area contributed by atoms with Crippen LogP contribution in [0.5, 0.6) is 0 Å². The lowest BCUT2D eigenvalue weighted by atomic mass is 10.2. The van der Waals surface area contributed by atoms with Crippen LogP contribution in [-0.4, -0.2) is 36.0 Å². The third-order valence-electron chi connectivity index (χ3n) is 3.00. The number of halogens is 1. The Bertz CT molecular complexity index is 707. The monoisotopic (exact) mass is 349 g/mol. The SMILES string of the molecule is CC(C)N=C(N)NC(N)=NCCNc1cccc2cccnc12.Cl. The number of nitrogens with two attached hydrogens (primary N) is 2. The molecule has 0 aliphatic rings. The van der Waals surface area contributed by atoms with Crippen LogP contribution in [0.15, 0.2) is 46.5 Å². The highest BCUT2D eigenvalue weighted by atomic mass is 35.5. The Hall–Kier alpha value is -2.54. The highest BCUT2D eigenvalue weighted by Crippen LogP contribution is 2.20. The minimum absolute atomic E-state index is 0. The number of nitrogens with one attached hydrogen (secondary N) is 2. The fourth-order valence-corrected chi connectivity index (χ4v) is 2.09. The zero-order valence-electron chi connectivity index (χ0n) is 13.9. The number of hydrogen-bond donors (Lipinski definition) is 4. The number of anilines is 1. The third-order valence-corrected chi connectivity index (χ3v) is 3.00. The predicted molar refractivity (Wildman–Crippen MR) is 104 cm³/mol. The summed E-state index contributed by atoms with van der Waals surface area (Å²) in [6.07, 6.45) is 1.78. The quantitative estimate of drug-likeness (QED) is 0.372. The Kier molecular flexibility index (Phi) is 7.77. The number of pyridine rings is 1. The van der Waals surface area contributed by atoms with Crippen molar-refractivity contribution in [3.05, 3.63) is 36.5 Å². The Morgan fingerprint density at radius 1 is 1.17 bits per heavy atom. The van der Waals surface area contributed by atoms with Gasteiger partial charge in [0.15, 0.2) is 11.9 Å². The second-order valence-corrected chi connectivity index (χ2v) is 5.31. The lowest BCUT2D eigenvalue weighted by Gasteiger charge is -2.09. The highest BCUT2D eigenvalue weighted by Gasteiger charge is 2.00. The number of aliphatic imine (C=N–C) groups is 2. The summed E-state index contributed by atoms with van der Waals surface area (Å²) in [5.74, 6) is 0.525. The summed E-state index contributed by atoms with van der Waals surface area (Å²) < 4.78 is 0. The second kappa shape index (κ2) is 9.57. The Morgan fingerprint density at radius 2 is 1.92 bits per heavy atom. The number of aromatic nitrogens is 1. The molecule has 0 fully saturated rings. The van der Waals surface area contributed by atoms with E-state index in [2.05, 4.69) is 25.6 Å². The molecule has 0 unspecified atom stereocenters. The van der Waals surface area contributed by atoms with E-state index >= 15 is 0 Å². The van der Waals surface area contributed by atoms with Gasteiger partial charge in [-0.2, -0.15) is 0 Å². The molecular weight excluding hydrogens is 326 g/mol. The number of nitrogens with zero attached hydrogens (tertiary/aromatic N) is 3. The maximum absolute atomic E-state index is 5.76. The van der Waals surface area contributed by atoms with Crippen molar-refractivity contribution < 1.29 is 0 Å². The highest BCUT2D eigenvalue weighted by molar-refractivity contribution is 5.97. The van der Waals surface area contributed by atoms with E-state index in [1.807, 2.05) is 44.2 Å². The van der Waals surface area contributed by atoms with Gasteiger partial charge in [0, 0.05) is 24.2 Å². The van der Waals surface area contributed by atoms with Crippen LogP contribution in [0.25, 0.3) is 10.9 Å². The molecule has 2 rings (SSSR count). The van der Waals surface area contributed by atoms with Gasteiger partial charge in [-0.15, -0.1) is 12.4 Å². The van der Waals surface area contributed by atoms with E-state index in [9.17, 15) is 0 Å². The van der Waals surface area contributed by atoms with Crippen molar-refractivity contribution in [3.8, 4) is 0 Å². The van der Waals surface area contributed by atoms with Gasteiger partial charge < -0.3 is 16.8 Å². The standard InChI is InChI=1S/C16H23N7.ClH/c1-11(2)22-16(18)23-15(17)21-10-9-19-13-7-3-5-12-6-4-8-20-14(12)13;/h3-8,11,19H,9-10H2,1-2H3,(H5,17,18,21,22,23);1H. The summed E-state index contributed by atoms with van der Waals surface area (Å²) in [6.45, 7) is 5.02. The van der Waals surface area contributed by atoms with Crippen molar-refractivity contribution in [2.24, 2.45) is 21.5 Å². The van der Waals surface area contributed by atoms with Gasteiger partial charge in [0.2, 0.25) is 0 Å². The molecule has 8 heteroatoms. The molecule has 0 atom stereocenters. The Balaban J connectivity index is 0.00000288. The van der Waals surface area contributed by atoms with E-state index in [4.69, 9.17) is 11.5 Å². The molecule has 24 heavy (non-hydrogen) atoms. The second-order valence-electron chi connectivity index (χ2n) is 5.31. The van der Waals surface area contributed by atoms with Gasteiger partial charge in [0.25, 0.3) is 0 Å². The number of rotatable bonds is 5. The van der Waals surface area contributed by atoms with Gasteiger partial charge in [0.1, 0.15) is 0 Å². The average molecular weight is 350 g/mol. The van der Waals surface area contributed by atoms with Crippen LogP contribution in [-0.2, 0) is 0 Å². The fourth-order valence-electron chi connectivity index (χ4n) is 2.09. The van der Waals surface area contributed by atoms with E-state index < -0.39 is 0 Å². The van der Waals surface area contributed by atoms with E-state index in [0.717, 1.165) is 16.6 Å². The van der Waals surface area contributed by atoms with Crippen molar-refractivity contribution in [2.75, 3.05) is 18.4 Å². The molecule has 0 aliphatic heterocycles. The van der Waals surface area contributed by atoms with Crippen LogP contribution < -0.4 is 22.1 Å². The first-order valence-electron chi connectivity index (χ1n) is 7.54. The number of guanidine groups is 2. The molecule has 0 saturated carbocycles. The molecule has 0 radical (unpaired) electrons. The molecule has 0 amide bonds. The van der Waals surface area contributed by atoms with Gasteiger partial charge in [0.05, 0.1) is 17.7 Å². The first-order valence-corrected chi connectivity index (χ1v) is 7.54. The van der Waals surface area contributed by atoms with Crippen LogP contribution >= 0.6 is 12.4 Å². The Morgan fingerprint density at radius 3 is 2.67 bits per heavy atom. The summed E-state index contributed by atoms with van der Waals surface area (Å²) in [4.78, 5) is 12.7. The number of para-hydroxylation sites is 1. The molecule has 0 spiro atoms. The Labute approximate surface area is 148 Å². The van der Waals surface area contributed by atoms with Crippen molar-refractivity contribution >= 4 is 40.9 Å². The van der Waals surface area contributed by atoms with Crippen molar-refractivity contribution in [1.29, 1.82) is 0 Å². The molecule has 130 valence electrons. The number of hydrogen-bond acceptors (Lipinski definition) is 4. The minimum atomic E-state index is 0. The molecule has 2 aromatic rings. The predicted octanol–water partition coefficient (Wildman–Crippen LogP) is 1.70. The van der Waals surface area contributed by atoms with Gasteiger partial charge in [-0.3, -0.25) is 20.3 Å². The first kappa shape index (κ1) is 19.5. The van der Waals surface area contributed by atoms with E-state index in [1.54, 1.807) is 6.20 Å². The average Bonchev–Trinajstić information content (AvgIpc) is 2.50. The van der Waals surface area contributed by atoms with Crippen LogP contribution in [0.2, 0.25) is 0 Å². The molecule has 1 aromatic heterocycles. The lowest BCUT2D eigenvalue weighted by molar-refractivity contribution is 0.827. The van der Waals surface area contributed by atoms with Crippen LogP contribution in [0.4, 0.5) is 5.69 Å². The van der Waals surface area contributed by atoms with Crippen molar-refractivity contribution in [1.82, 2.24) is 10.3 Å². The molecule has 1 heterocycles. The largest absolute Gasteiger partial charge is 0.381 e. The molecule has 0 bridgehead atoms. The topological polar surface area (TPSA) is 114 Å². The van der Waals surface area contributed by atoms with E-state index in [1.165, 1.54) is 0 Å².